The fourth-order valence-corrected chi connectivity index (χ4v) is 4.34. The van der Waals surface area contributed by atoms with Crippen LogP contribution in [0.25, 0.3) is 0 Å². The Balaban J connectivity index is 1.67. The van der Waals surface area contributed by atoms with Gasteiger partial charge in [0.1, 0.15) is 11.6 Å². The Morgan fingerprint density at radius 1 is 1.10 bits per heavy atom. The zero-order valence-corrected chi connectivity index (χ0v) is 17.5. The van der Waals surface area contributed by atoms with Crippen molar-refractivity contribution in [1.82, 2.24) is 9.97 Å². The van der Waals surface area contributed by atoms with Crippen LogP contribution >= 0.6 is 11.8 Å². The van der Waals surface area contributed by atoms with E-state index in [1.165, 1.54) is 11.8 Å². The molecule has 0 fully saturated rings. The predicted octanol–water partition coefficient (Wildman–Crippen LogP) is 4.33. The molecule has 1 amide bonds. The zero-order valence-electron chi connectivity index (χ0n) is 16.7. The Labute approximate surface area is 179 Å². The topological polar surface area (TPSA) is 84.1 Å². The molecule has 0 bridgehead atoms. The smallest absolute Gasteiger partial charge is 0.257 e. The first-order valence-electron chi connectivity index (χ1n) is 9.98. The van der Waals surface area contributed by atoms with Crippen LogP contribution in [0.1, 0.15) is 42.4 Å². The SMILES string of the molecule is CCCOc1ccccc1[C@@H]1CC(=O)Nc2nc(SCc3ccccc3)[nH]c(=O)c21. The summed E-state index contributed by atoms with van der Waals surface area (Å²) in [6, 6.07) is 17.5. The third-order valence-electron chi connectivity index (χ3n) is 4.90. The molecular weight excluding hydrogens is 398 g/mol. The number of carbonyl (C=O) groups excluding carboxylic acids is 1. The number of amides is 1. The van der Waals surface area contributed by atoms with Gasteiger partial charge in [-0.15, -0.1) is 0 Å². The maximum Gasteiger partial charge on any atom is 0.257 e. The van der Waals surface area contributed by atoms with E-state index < -0.39 is 5.92 Å². The largest absolute Gasteiger partial charge is 0.493 e. The number of para-hydroxylation sites is 1. The van der Waals surface area contributed by atoms with Crippen molar-refractivity contribution < 1.29 is 9.53 Å². The summed E-state index contributed by atoms with van der Waals surface area (Å²) >= 11 is 1.43. The Hall–Kier alpha value is -3.06. The number of nitrogens with one attached hydrogen (secondary N) is 2. The lowest BCUT2D eigenvalue weighted by Gasteiger charge is -2.26. The summed E-state index contributed by atoms with van der Waals surface area (Å²) < 4.78 is 5.87. The monoisotopic (exact) mass is 421 g/mol. The lowest BCUT2D eigenvalue weighted by atomic mass is 9.86. The summed E-state index contributed by atoms with van der Waals surface area (Å²) in [6.45, 7) is 2.61. The number of rotatable bonds is 7. The molecule has 0 unspecified atom stereocenters. The van der Waals surface area contributed by atoms with Crippen molar-refractivity contribution in [2.45, 2.75) is 36.6 Å². The number of hydrogen-bond donors (Lipinski definition) is 2. The lowest BCUT2D eigenvalue weighted by Crippen LogP contribution is -2.31. The number of aromatic amines is 1. The average molecular weight is 422 g/mol. The number of aromatic nitrogens is 2. The van der Waals surface area contributed by atoms with Crippen LogP contribution in [0.15, 0.2) is 64.5 Å². The van der Waals surface area contributed by atoms with E-state index in [9.17, 15) is 9.59 Å². The second-order valence-corrected chi connectivity index (χ2v) is 8.06. The number of anilines is 1. The van der Waals surface area contributed by atoms with Crippen molar-refractivity contribution in [3.63, 3.8) is 0 Å². The number of fused-ring (bicyclic) bond motifs is 1. The van der Waals surface area contributed by atoms with Gasteiger partial charge in [-0.25, -0.2) is 4.98 Å². The number of nitrogens with zero attached hydrogens (tertiary/aromatic N) is 1. The number of carbonyl (C=O) groups is 1. The second kappa shape index (κ2) is 9.17. The molecule has 2 N–H and O–H groups in total. The van der Waals surface area contributed by atoms with E-state index in [4.69, 9.17) is 4.74 Å². The number of ether oxygens (including phenoxy) is 1. The van der Waals surface area contributed by atoms with Crippen LogP contribution in [-0.4, -0.2) is 22.5 Å². The molecule has 1 atom stereocenters. The van der Waals surface area contributed by atoms with Crippen molar-refractivity contribution in [3.8, 4) is 5.75 Å². The molecule has 0 radical (unpaired) electrons. The minimum atomic E-state index is -0.397. The Morgan fingerprint density at radius 2 is 1.87 bits per heavy atom. The van der Waals surface area contributed by atoms with Crippen LogP contribution in [0, 0.1) is 0 Å². The molecule has 0 aliphatic carbocycles. The molecule has 3 aromatic rings. The van der Waals surface area contributed by atoms with Crippen LogP contribution in [0.5, 0.6) is 5.75 Å². The van der Waals surface area contributed by atoms with Crippen molar-refractivity contribution in [1.29, 1.82) is 0 Å². The molecule has 154 valence electrons. The van der Waals surface area contributed by atoms with Gasteiger partial charge in [-0.05, 0) is 18.1 Å². The molecule has 2 heterocycles. The third kappa shape index (κ3) is 4.41. The molecule has 1 aliphatic rings. The van der Waals surface area contributed by atoms with Crippen molar-refractivity contribution >= 4 is 23.5 Å². The van der Waals surface area contributed by atoms with E-state index in [1.807, 2.05) is 61.5 Å². The lowest BCUT2D eigenvalue weighted by molar-refractivity contribution is -0.116. The van der Waals surface area contributed by atoms with Gasteiger partial charge in [0.05, 0.1) is 12.2 Å². The van der Waals surface area contributed by atoms with Crippen molar-refractivity contribution in [2.75, 3.05) is 11.9 Å². The summed E-state index contributed by atoms with van der Waals surface area (Å²) in [4.78, 5) is 32.9. The molecule has 30 heavy (non-hydrogen) atoms. The number of benzene rings is 2. The van der Waals surface area contributed by atoms with Gasteiger partial charge in [-0.3, -0.25) is 9.59 Å². The Kier molecular flexibility index (Phi) is 6.18. The zero-order chi connectivity index (χ0) is 20.9. The van der Waals surface area contributed by atoms with Gasteiger partial charge in [-0.2, -0.15) is 0 Å². The predicted molar refractivity (Wildman–Crippen MR) is 118 cm³/mol. The van der Waals surface area contributed by atoms with Gasteiger partial charge in [0.2, 0.25) is 5.91 Å². The standard InChI is InChI=1S/C23H23N3O3S/c1-2-12-29-18-11-7-6-10-16(18)17-13-19(27)24-21-20(17)22(28)26-23(25-21)30-14-15-8-4-3-5-9-15/h3-11,17H,2,12-14H2,1H3,(H2,24,25,26,27,28)/t17-/m0/s1. The minimum Gasteiger partial charge on any atom is -0.493 e. The molecule has 4 rings (SSSR count). The van der Waals surface area contributed by atoms with Crippen LogP contribution in [0.3, 0.4) is 0 Å². The highest BCUT2D eigenvalue weighted by Gasteiger charge is 2.32. The highest BCUT2D eigenvalue weighted by atomic mass is 32.2. The summed E-state index contributed by atoms with van der Waals surface area (Å²) in [5.74, 6) is 1.15. The van der Waals surface area contributed by atoms with Crippen molar-refractivity contribution in [3.05, 3.63) is 81.6 Å². The van der Waals surface area contributed by atoms with Gasteiger partial charge < -0.3 is 15.0 Å². The Bertz CT molecular complexity index is 1100. The summed E-state index contributed by atoms with van der Waals surface area (Å²) in [6.07, 6.45) is 1.06. The molecule has 6 nitrogen and oxygen atoms in total. The van der Waals surface area contributed by atoms with Gasteiger partial charge in [0.25, 0.3) is 5.56 Å². The highest BCUT2D eigenvalue weighted by molar-refractivity contribution is 7.98. The van der Waals surface area contributed by atoms with Crippen LogP contribution in [0.4, 0.5) is 5.82 Å². The first-order valence-corrected chi connectivity index (χ1v) is 11.0. The first kappa shape index (κ1) is 20.2. The average Bonchev–Trinajstić information content (AvgIpc) is 2.76. The first-order chi connectivity index (χ1) is 14.7. The molecule has 2 aromatic carbocycles. The van der Waals surface area contributed by atoms with Crippen molar-refractivity contribution in [2.24, 2.45) is 0 Å². The molecule has 1 aromatic heterocycles. The highest BCUT2D eigenvalue weighted by Crippen LogP contribution is 2.38. The summed E-state index contributed by atoms with van der Waals surface area (Å²) in [5.41, 5.74) is 2.21. The summed E-state index contributed by atoms with van der Waals surface area (Å²) in [5, 5.41) is 3.26. The molecule has 0 saturated heterocycles. The van der Waals surface area contributed by atoms with Crippen LogP contribution in [0.2, 0.25) is 0 Å². The van der Waals surface area contributed by atoms with E-state index in [0.717, 1.165) is 17.5 Å². The van der Waals surface area contributed by atoms with Crippen LogP contribution in [-0.2, 0) is 10.5 Å². The Morgan fingerprint density at radius 3 is 2.67 bits per heavy atom. The molecular formula is C23H23N3O3S. The van der Waals surface area contributed by atoms with Gasteiger partial charge in [-0.1, -0.05) is 67.2 Å². The van der Waals surface area contributed by atoms with E-state index in [2.05, 4.69) is 15.3 Å². The van der Waals surface area contributed by atoms with E-state index in [1.54, 1.807) is 0 Å². The second-order valence-electron chi connectivity index (χ2n) is 7.10. The minimum absolute atomic E-state index is 0.157. The van der Waals surface area contributed by atoms with Crippen LogP contribution < -0.4 is 15.6 Å². The van der Waals surface area contributed by atoms with Gasteiger partial charge in [0, 0.05) is 23.7 Å². The summed E-state index contributed by atoms with van der Waals surface area (Å²) in [7, 11) is 0. The van der Waals surface area contributed by atoms with Gasteiger partial charge >= 0.3 is 0 Å². The maximum absolute atomic E-state index is 13.0. The molecule has 7 heteroatoms. The van der Waals surface area contributed by atoms with E-state index in [0.29, 0.717) is 34.6 Å². The van der Waals surface area contributed by atoms with E-state index in [-0.39, 0.29) is 17.9 Å². The molecule has 1 aliphatic heterocycles. The van der Waals surface area contributed by atoms with E-state index >= 15 is 0 Å². The normalized spacial score (nSPS) is 15.4. The fourth-order valence-electron chi connectivity index (χ4n) is 3.52. The number of hydrogen-bond acceptors (Lipinski definition) is 5. The van der Waals surface area contributed by atoms with Gasteiger partial charge in [0.15, 0.2) is 5.16 Å². The molecule has 0 spiro atoms. The maximum atomic E-state index is 13.0. The third-order valence-corrected chi connectivity index (χ3v) is 5.85. The number of H-pyrrole nitrogens is 1. The number of thioether (sulfide) groups is 1. The molecule has 0 saturated carbocycles. The fraction of sp³-hybridized carbons (Fsp3) is 0.261. The quantitative estimate of drug-likeness (QED) is 0.438.